The fourth-order valence-electron chi connectivity index (χ4n) is 2.69. The third-order valence-corrected chi connectivity index (χ3v) is 5.55. The van der Waals surface area contributed by atoms with Gasteiger partial charge in [0, 0.05) is 18.8 Å². The number of hydrogen-bond donors (Lipinski definition) is 1. The van der Waals surface area contributed by atoms with Crippen LogP contribution in [0, 0.1) is 11.3 Å². The molecule has 2 aromatic heterocycles. The summed E-state index contributed by atoms with van der Waals surface area (Å²) in [5.74, 6) is 0.783. The Hall–Kier alpha value is -0.930. The van der Waals surface area contributed by atoms with E-state index in [0.717, 1.165) is 18.0 Å². The molecule has 2 heterocycles. The topological polar surface area (TPSA) is 24.9 Å². The van der Waals surface area contributed by atoms with E-state index in [4.69, 9.17) is 0 Å². The number of rotatable bonds is 5. The molecule has 0 spiro atoms. The first-order valence-corrected chi connectivity index (χ1v) is 8.05. The second-order valence-electron chi connectivity index (χ2n) is 6.19. The fraction of sp³-hybridized carbons (Fsp3) is 0.562. The molecule has 1 aliphatic carbocycles. The van der Waals surface area contributed by atoms with Crippen LogP contribution in [0.2, 0.25) is 0 Å². The zero-order valence-corrected chi connectivity index (χ0v) is 12.8. The minimum Gasteiger partial charge on any atom is -0.310 e. The van der Waals surface area contributed by atoms with Gasteiger partial charge in [-0.15, -0.1) is 11.3 Å². The van der Waals surface area contributed by atoms with E-state index in [1.807, 2.05) is 6.20 Å². The number of hydrogen-bond acceptors (Lipinski definition) is 3. The van der Waals surface area contributed by atoms with Crippen molar-refractivity contribution in [3.05, 3.63) is 29.3 Å². The monoisotopic (exact) mass is 274 g/mol. The molecule has 102 valence electrons. The second kappa shape index (κ2) is 4.88. The lowest BCUT2D eigenvalue weighted by Crippen LogP contribution is -2.29. The standard InChI is InChI=1S/C16H22N2S/c1-11(2)16(5-6-16)10-18-12(3)13-8-15-14(17-9-13)4-7-19-15/h4,7-9,11-12,18H,5-6,10H2,1-3H3. The van der Waals surface area contributed by atoms with Gasteiger partial charge in [-0.3, -0.25) is 4.98 Å². The quantitative estimate of drug-likeness (QED) is 0.875. The number of fused-ring (bicyclic) bond motifs is 1. The van der Waals surface area contributed by atoms with Crippen LogP contribution in [0.3, 0.4) is 0 Å². The van der Waals surface area contributed by atoms with Crippen LogP contribution in [0.25, 0.3) is 10.2 Å². The molecule has 1 N–H and O–H groups in total. The van der Waals surface area contributed by atoms with Gasteiger partial charge >= 0.3 is 0 Å². The Morgan fingerprint density at radius 1 is 1.37 bits per heavy atom. The zero-order chi connectivity index (χ0) is 13.5. The normalized spacial score (nSPS) is 18.9. The molecule has 1 aliphatic rings. The van der Waals surface area contributed by atoms with Gasteiger partial charge in [-0.2, -0.15) is 0 Å². The van der Waals surface area contributed by atoms with Crippen molar-refractivity contribution in [3.8, 4) is 0 Å². The summed E-state index contributed by atoms with van der Waals surface area (Å²) in [6.07, 6.45) is 4.78. The first kappa shape index (κ1) is 13.1. The number of nitrogens with one attached hydrogen (secondary N) is 1. The minimum atomic E-state index is 0.384. The highest BCUT2D eigenvalue weighted by molar-refractivity contribution is 7.17. The maximum Gasteiger partial charge on any atom is 0.0809 e. The molecule has 0 amide bonds. The Labute approximate surface area is 119 Å². The van der Waals surface area contributed by atoms with E-state index in [9.17, 15) is 0 Å². The molecule has 3 rings (SSSR count). The molecule has 2 aromatic rings. The van der Waals surface area contributed by atoms with E-state index in [0.29, 0.717) is 11.5 Å². The van der Waals surface area contributed by atoms with Crippen molar-refractivity contribution in [2.75, 3.05) is 6.54 Å². The van der Waals surface area contributed by atoms with Gasteiger partial charge in [0.1, 0.15) is 0 Å². The van der Waals surface area contributed by atoms with Crippen molar-refractivity contribution in [1.29, 1.82) is 0 Å². The number of aromatic nitrogens is 1. The van der Waals surface area contributed by atoms with E-state index >= 15 is 0 Å². The molecule has 0 radical (unpaired) electrons. The van der Waals surface area contributed by atoms with Crippen LogP contribution in [0.1, 0.15) is 45.2 Å². The summed E-state index contributed by atoms with van der Waals surface area (Å²) in [6, 6.07) is 4.75. The van der Waals surface area contributed by atoms with Gasteiger partial charge in [-0.05, 0) is 54.2 Å². The summed E-state index contributed by atoms with van der Waals surface area (Å²) in [4.78, 5) is 4.53. The first-order chi connectivity index (χ1) is 9.11. The Balaban J connectivity index is 1.68. The molecule has 1 unspecified atom stereocenters. The average molecular weight is 274 g/mol. The van der Waals surface area contributed by atoms with Gasteiger partial charge in [0.25, 0.3) is 0 Å². The largest absolute Gasteiger partial charge is 0.310 e. The Bertz CT molecular complexity index is 569. The minimum absolute atomic E-state index is 0.384. The highest BCUT2D eigenvalue weighted by atomic mass is 32.1. The molecule has 1 atom stereocenters. The van der Waals surface area contributed by atoms with Crippen LogP contribution in [-0.4, -0.2) is 11.5 Å². The maximum atomic E-state index is 4.53. The van der Waals surface area contributed by atoms with Crippen molar-refractivity contribution in [3.63, 3.8) is 0 Å². The highest BCUT2D eigenvalue weighted by Gasteiger charge is 2.44. The van der Waals surface area contributed by atoms with Crippen molar-refractivity contribution >= 4 is 21.6 Å². The van der Waals surface area contributed by atoms with Crippen LogP contribution >= 0.6 is 11.3 Å². The molecule has 0 saturated heterocycles. The van der Waals surface area contributed by atoms with E-state index in [2.05, 4.69) is 48.6 Å². The summed E-state index contributed by atoms with van der Waals surface area (Å²) in [5.41, 5.74) is 2.98. The summed E-state index contributed by atoms with van der Waals surface area (Å²) < 4.78 is 1.29. The van der Waals surface area contributed by atoms with E-state index in [-0.39, 0.29) is 0 Å². The van der Waals surface area contributed by atoms with Gasteiger partial charge in [-0.25, -0.2) is 0 Å². The van der Waals surface area contributed by atoms with E-state index in [1.165, 1.54) is 23.1 Å². The van der Waals surface area contributed by atoms with Gasteiger partial charge in [-0.1, -0.05) is 13.8 Å². The van der Waals surface area contributed by atoms with Crippen molar-refractivity contribution in [2.24, 2.45) is 11.3 Å². The SMILES string of the molecule is CC(NCC1(C(C)C)CC1)c1cnc2ccsc2c1. The Morgan fingerprint density at radius 2 is 2.16 bits per heavy atom. The molecule has 0 aromatic carbocycles. The molecular formula is C16H22N2S. The summed E-state index contributed by atoms with van der Waals surface area (Å²) in [5, 5.41) is 5.81. The smallest absolute Gasteiger partial charge is 0.0809 e. The zero-order valence-electron chi connectivity index (χ0n) is 11.9. The maximum absolute atomic E-state index is 4.53. The second-order valence-corrected chi connectivity index (χ2v) is 7.14. The third kappa shape index (κ3) is 2.54. The van der Waals surface area contributed by atoms with E-state index < -0.39 is 0 Å². The molecular weight excluding hydrogens is 252 g/mol. The first-order valence-electron chi connectivity index (χ1n) is 7.17. The van der Waals surface area contributed by atoms with Crippen LogP contribution in [-0.2, 0) is 0 Å². The average Bonchev–Trinajstić information content (AvgIpc) is 3.06. The fourth-order valence-corrected chi connectivity index (χ4v) is 3.48. The van der Waals surface area contributed by atoms with Gasteiger partial charge in [0.2, 0.25) is 0 Å². The lowest BCUT2D eigenvalue weighted by Gasteiger charge is -2.23. The van der Waals surface area contributed by atoms with Crippen molar-refractivity contribution < 1.29 is 0 Å². The number of thiophene rings is 1. The van der Waals surface area contributed by atoms with Crippen molar-refractivity contribution in [1.82, 2.24) is 10.3 Å². The lowest BCUT2D eigenvalue weighted by atomic mass is 9.92. The molecule has 0 bridgehead atoms. The third-order valence-electron chi connectivity index (χ3n) is 4.70. The Kier molecular flexibility index (Phi) is 3.35. The number of nitrogens with zero attached hydrogens (tertiary/aromatic N) is 1. The molecule has 3 heteroatoms. The Morgan fingerprint density at radius 3 is 2.84 bits per heavy atom. The van der Waals surface area contributed by atoms with E-state index in [1.54, 1.807) is 11.3 Å². The molecule has 2 nitrogen and oxygen atoms in total. The summed E-state index contributed by atoms with van der Waals surface area (Å²) in [7, 11) is 0. The van der Waals surface area contributed by atoms with Crippen LogP contribution < -0.4 is 5.32 Å². The van der Waals surface area contributed by atoms with Crippen LogP contribution in [0.15, 0.2) is 23.7 Å². The molecule has 0 aliphatic heterocycles. The van der Waals surface area contributed by atoms with Crippen molar-refractivity contribution in [2.45, 2.75) is 39.7 Å². The summed E-state index contributed by atoms with van der Waals surface area (Å²) >= 11 is 1.77. The van der Waals surface area contributed by atoms with Crippen LogP contribution in [0.4, 0.5) is 0 Å². The van der Waals surface area contributed by atoms with Crippen LogP contribution in [0.5, 0.6) is 0 Å². The lowest BCUT2D eigenvalue weighted by molar-refractivity contribution is 0.325. The van der Waals surface area contributed by atoms with Gasteiger partial charge < -0.3 is 5.32 Å². The predicted molar refractivity (Wildman–Crippen MR) is 82.5 cm³/mol. The van der Waals surface area contributed by atoms with Gasteiger partial charge in [0.05, 0.1) is 10.2 Å². The number of pyridine rings is 1. The molecule has 1 fully saturated rings. The van der Waals surface area contributed by atoms with Gasteiger partial charge in [0.15, 0.2) is 0 Å². The molecule has 1 saturated carbocycles. The summed E-state index contributed by atoms with van der Waals surface area (Å²) in [6.45, 7) is 8.07. The predicted octanol–water partition coefficient (Wildman–Crippen LogP) is 4.38. The molecule has 19 heavy (non-hydrogen) atoms. The highest BCUT2D eigenvalue weighted by Crippen LogP contribution is 2.51.